The third kappa shape index (κ3) is 6.99. The van der Waals surface area contributed by atoms with Gasteiger partial charge in [0.25, 0.3) is 0 Å². The number of hydrogen-bond donors (Lipinski definition) is 0. The minimum Gasteiger partial charge on any atom is -0.497 e. The molecule has 2 rings (SSSR count). The van der Waals surface area contributed by atoms with Gasteiger partial charge in [-0.15, -0.1) is 0 Å². The number of carbonyl (C=O) groups excluding carboxylic acids is 2. The molecule has 168 valence electrons. The Morgan fingerprint density at radius 1 is 1.00 bits per heavy atom. The molecule has 0 saturated carbocycles. The third-order valence-electron chi connectivity index (χ3n) is 5.31. The van der Waals surface area contributed by atoms with Crippen LogP contribution in [0, 0.1) is 5.92 Å². The van der Waals surface area contributed by atoms with Crippen LogP contribution >= 0.6 is 0 Å². The van der Waals surface area contributed by atoms with E-state index in [0.717, 1.165) is 31.4 Å². The number of ether oxygens (including phenoxy) is 5. The molecule has 30 heavy (non-hydrogen) atoms. The second-order valence-corrected chi connectivity index (χ2v) is 7.63. The monoisotopic (exact) mass is 422 g/mol. The molecule has 0 aromatic heterocycles. The lowest BCUT2D eigenvalue weighted by Gasteiger charge is -2.43. The number of benzene rings is 1. The Hall–Kier alpha value is -2.12. The Balaban J connectivity index is 1.92. The predicted molar refractivity (Wildman–Crippen MR) is 111 cm³/mol. The molecule has 1 aromatic rings. The summed E-state index contributed by atoms with van der Waals surface area (Å²) in [6, 6.07) is 8.01. The van der Waals surface area contributed by atoms with Crippen LogP contribution in [0.3, 0.4) is 0 Å². The molecule has 1 aliphatic rings. The first-order valence-electron chi connectivity index (χ1n) is 10.6. The van der Waals surface area contributed by atoms with Crippen LogP contribution in [-0.4, -0.2) is 50.3 Å². The number of methoxy groups -OCH3 is 1. The van der Waals surface area contributed by atoms with Crippen LogP contribution in [-0.2, 0) is 35.0 Å². The van der Waals surface area contributed by atoms with Crippen molar-refractivity contribution in [3.63, 3.8) is 0 Å². The summed E-state index contributed by atoms with van der Waals surface area (Å²) in [5.41, 5.74) is 1.23. The Morgan fingerprint density at radius 3 is 2.20 bits per heavy atom. The van der Waals surface area contributed by atoms with Crippen LogP contribution in [0.25, 0.3) is 0 Å². The quantitative estimate of drug-likeness (QED) is 0.420. The highest BCUT2D eigenvalue weighted by atomic mass is 16.7. The molecule has 5 atom stereocenters. The molecule has 0 radical (unpaired) electrons. The number of carbonyl (C=O) groups is 2. The van der Waals surface area contributed by atoms with E-state index < -0.39 is 30.4 Å². The summed E-state index contributed by atoms with van der Waals surface area (Å²) in [6.07, 6.45) is 1.13. The number of hydrogen-bond acceptors (Lipinski definition) is 7. The van der Waals surface area contributed by atoms with Gasteiger partial charge in [-0.05, 0) is 43.4 Å². The predicted octanol–water partition coefficient (Wildman–Crippen LogP) is 3.67. The van der Waals surface area contributed by atoms with Gasteiger partial charge in [0.1, 0.15) is 11.9 Å². The van der Waals surface area contributed by atoms with E-state index in [2.05, 4.69) is 12.1 Å². The molecule has 7 heteroatoms. The maximum absolute atomic E-state index is 11.6. The van der Waals surface area contributed by atoms with Crippen LogP contribution in [0.5, 0.6) is 5.75 Å². The van der Waals surface area contributed by atoms with Gasteiger partial charge in [-0.1, -0.05) is 26.0 Å². The maximum Gasteiger partial charge on any atom is 0.303 e. The highest BCUT2D eigenvalue weighted by Crippen LogP contribution is 2.32. The fourth-order valence-electron chi connectivity index (χ4n) is 3.74. The highest BCUT2D eigenvalue weighted by molar-refractivity contribution is 5.67. The van der Waals surface area contributed by atoms with E-state index in [1.54, 1.807) is 7.11 Å². The van der Waals surface area contributed by atoms with E-state index in [9.17, 15) is 9.59 Å². The molecule has 1 fully saturated rings. The zero-order valence-electron chi connectivity index (χ0n) is 18.6. The molecule has 7 nitrogen and oxygen atoms in total. The fraction of sp³-hybridized carbons (Fsp3) is 0.652. The molecule has 0 unspecified atom stereocenters. The first-order valence-corrected chi connectivity index (χ1v) is 10.6. The lowest BCUT2D eigenvalue weighted by Crippen LogP contribution is -2.57. The molecular formula is C23H34O7. The summed E-state index contributed by atoms with van der Waals surface area (Å²) in [5, 5.41) is 0. The summed E-state index contributed by atoms with van der Waals surface area (Å²) < 4.78 is 28.1. The number of rotatable bonds is 10. The van der Waals surface area contributed by atoms with Gasteiger partial charge in [0, 0.05) is 26.4 Å². The van der Waals surface area contributed by atoms with Gasteiger partial charge in [-0.2, -0.15) is 0 Å². The van der Waals surface area contributed by atoms with Crippen molar-refractivity contribution in [1.29, 1.82) is 0 Å². The number of aryl methyl sites for hydroxylation is 1. The fourth-order valence-corrected chi connectivity index (χ4v) is 3.74. The smallest absolute Gasteiger partial charge is 0.303 e. The normalized spacial score (nSPS) is 26.1. The summed E-state index contributed by atoms with van der Waals surface area (Å²) in [4.78, 5) is 23.3. The SMILES string of the molecule is CC[C@H]1O[C@H](OCCCCc2ccc(OC)cc2)[C@H](OC(C)=O)[C@@H](OC(C)=O)[C@@H]1C. The van der Waals surface area contributed by atoms with Gasteiger partial charge < -0.3 is 23.7 Å². The molecule has 0 bridgehead atoms. The van der Waals surface area contributed by atoms with Crippen LogP contribution in [0.1, 0.15) is 52.5 Å². The van der Waals surface area contributed by atoms with Gasteiger partial charge in [0.15, 0.2) is 12.4 Å². The minimum absolute atomic E-state index is 0.113. The maximum atomic E-state index is 11.6. The summed E-state index contributed by atoms with van der Waals surface area (Å²) >= 11 is 0. The first-order chi connectivity index (χ1) is 14.3. The topological polar surface area (TPSA) is 80.3 Å². The van der Waals surface area contributed by atoms with Crippen molar-refractivity contribution in [3.8, 4) is 5.75 Å². The number of unbranched alkanes of at least 4 members (excludes halogenated alkanes) is 1. The van der Waals surface area contributed by atoms with E-state index in [0.29, 0.717) is 6.61 Å². The first kappa shape index (κ1) is 24.2. The second kappa shape index (κ2) is 11.9. The number of esters is 2. The molecule has 0 N–H and O–H groups in total. The Kier molecular flexibility index (Phi) is 9.59. The van der Waals surface area contributed by atoms with Crippen LogP contribution in [0.15, 0.2) is 24.3 Å². The van der Waals surface area contributed by atoms with Gasteiger partial charge >= 0.3 is 11.9 Å². The van der Waals surface area contributed by atoms with E-state index in [1.807, 2.05) is 26.0 Å². The standard InChI is InChI=1S/C23H34O7/c1-6-20-15(2)21(28-16(3)24)22(29-17(4)25)23(30-20)27-14-8-7-9-18-10-12-19(26-5)13-11-18/h10-13,15,20-23H,6-9,14H2,1-5H3/t15-,20-,21+,22-,23+/m1/s1. The Bertz CT molecular complexity index is 673. The molecule has 0 amide bonds. The third-order valence-corrected chi connectivity index (χ3v) is 5.31. The molecular weight excluding hydrogens is 388 g/mol. The Morgan fingerprint density at radius 2 is 1.63 bits per heavy atom. The molecule has 1 aromatic carbocycles. The van der Waals surface area contributed by atoms with E-state index >= 15 is 0 Å². The van der Waals surface area contributed by atoms with Crippen LogP contribution in [0.4, 0.5) is 0 Å². The van der Waals surface area contributed by atoms with Crippen LogP contribution in [0.2, 0.25) is 0 Å². The molecule has 0 aliphatic carbocycles. The molecule has 1 saturated heterocycles. The van der Waals surface area contributed by atoms with Crippen molar-refractivity contribution in [3.05, 3.63) is 29.8 Å². The zero-order chi connectivity index (χ0) is 22.1. The molecule has 1 heterocycles. The highest BCUT2D eigenvalue weighted by Gasteiger charge is 2.47. The minimum atomic E-state index is -0.786. The van der Waals surface area contributed by atoms with E-state index in [-0.39, 0.29) is 12.0 Å². The van der Waals surface area contributed by atoms with Gasteiger partial charge in [0.2, 0.25) is 0 Å². The van der Waals surface area contributed by atoms with Crippen molar-refractivity contribution in [1.82, 2.24) is 0 Å². The van der Waals surface area contributed by atoms with Gasteiger partial charge in [-0.25, -0.2) is 0 Å². The zero-order valence-corrected chi connectivity index (χ0v) is 18.6. The largest absolute Gasteiger partial charge is 0.497 e. The lowest BCUT2D eigenvalue weighted by atomic mass is 9.89. The van der Waals surface area contributed by atoms with E-state index in [4.69, 9.17) is 23.7 Å². The summed E-state index contributed by atoms with van der Waals surface area (Å²) in [7, 11) is 1.65. The average molecular weight is 423 g/mol. The van der Waals surface area contributed by atoms with Crippen molar-refractivity contribution >= 4 is 11.9 Å². The second-order valence-electron chi connectivity index (χ2n) is 7.63. The van der Waals surface area contributed by atoms with Gasteiger partial charge in [0.05, 0.1) is 13.2 Å². The summed E-state index contributed by atoms with van der Waals surface area (Å²) in [6.45, 7) is 7.07. The molecule has 0 spiro atoms. The van der Waals surface area contributed by atoms with Crippen molar-refractivity contribution in [2.45, 2.75) is 78.0 Å². The lowest BCUT2D eigenvalue weighted by molar-refractivity contribution is -0.290. The van der Waals surface area contributed by atoms with Gasteiger partial charge in [-0.3, -0.25) is 9.59 Å². The van der Waals surface area contributed by atoms with E-state index in [1.165, 1.54) is 19.4 Å². The molecule has 1 aliphatic heterocycles. The Labute approximate surface area is 179 Å². The van der Waals surface area contributed by atoms with Crippen molar-refractivity contribution in [2.24, 2.45) is 5.92 Å². The van der Waals surface area contributed by atoms with Crippen LogP contribution < -0.4 is 4.74 Å². The van der Waals surface area contributed by atoms with Crippen molar-refractivity contribution < 1.29 is 33.3 Å². The summed E-state index contributed by atoms with van der Waals surface area (Å²) in [5.74, 6) is -0.150. The average Bonchev–Trinajstić information content (AvgIpc) is 2.71. The van der Waals surface area contributed by atoms with Crippen molar-refractivity contribution in [2.75, 3.05) is 13.7 Å².